The molecule has 0 bridgehead atoms. The second-order valence-electron chi connectivity index (χ2n) is 8.28. The highest BCUT2D eigenvalue weighted by Gasteiger charge is 2.29. The van der Waals surface area contributed by atoms with Crippen molar-refractivity contribution in [3.63, 3.8) is 0 Å². The third kappa shape index (κ3) is 4.23. The van der Waals surface area contributed by atoms with Gasteiger partial charge in [-0.05, 0) is 50.2 Å². The summed E-state index contributed by atoms with van der Waals surface area (Å²) in [5.41, 5.74) is 2.22. The highest BCUT2D eigenvalue weighted by Crippen LogP contribution is 2.29. The number of pyridine rings is 1. The van der Waals surface area contributed by atoms with Crippen LogP contribution in [0.3, 0.4) is 0 Å². The van der Waals surface area contributed by atoms with Crippen LogP contribution < -0.4 is 0 Å². The van der Waals surface area contributed by atoms with E-state index in [4.69, 9.17) is 0 Å². The fourth-order valence-electron chi connectivity index (χ4n) is 4.65. The van der Waals surface area contributed by atoms with Crippen molar-refractivity contribution in [2.75, 3.05) is 13.1 Å². The van der Waals surface area contributed by atoms with Crippen LogP contribution >= 0.6 is 0 Å². The fraction of sp³-hybridized carbons (Fsp3) is 0.591. The van der Waals surface area contributed by atoms with Gasteiger partial charge in [0.1, 0.15) is 5.82 Å². The molecular weight excluding hydrogens is 336 g/mol. The minimum atomic E-state index is 0.374. The average Bonchev–Trinajstić information content (AvgIpc) is 3.31. The van der Waals surface area contributed by atoms with Crippen molar-refractivity contribution < 1.29 is 4.79 Å². The van der Waals surface area contributed by atoms with Crippen molar-refractivity contribution in [3.05, 3.63) is 36.4 Å². The monoisotopic (exact) mass is 366 g/mol. The van der Waals surface area contributed by atoms with Crippen molar-refractivity contribution in [2.24, 2.45) is 11.8 Å². The highest BCUT2D eigenvalue weighted by molar-refractivity contribution is 5.76. The van der Waals surface area contributed by atoms with E-state index in [9.17, 15) is 4.79 Å². The molecule has 4 rings (SSSR count). The molecule has 2 fully saturated rings. The van der Waals surface area contributed by atoms with E-state index in [1.54, 1.807) is 6.20 Å². The molecule has 1 saturated carbocycles. The summed E-state index contributed by atoms with van der Waals surface area (Å²) >= 11 is 0. The molecule has 2 aliphatic rings. The van der Waals surface area contributed by atoms with Gasteiger partial charge in [0.05, 0.1) is 0 Å². The summed E-state index contributed by atoms with van der Waals surface area (Å²) < 4.78 is 2.29. The first kappa shape index (κ1) is 18.2. The number of imidazole rings is 1. The van der Waals surface area contributed by atoms with Gasteiger partial charge in [0, 0.05) is 55.9 Å². The van der Waals surface area contributed by atoms with Crippen LogP contribution in [-0.4, -0.2) is 38.4 Å². The Balaban J connectivity index is 1.37. The first-order valence-corrected chi connectivity index (χ1v) is 10.4. The second-order valence-corrected chi connectivity index (χ2v) is 8.28. The van der Waals surface area contributed by atoms with Gasteiger partial charge in [0.2, 0.25) is 5.91 Å². The Labute approximate surface area is 161 Å². The van der Waals surface area contributed by atoms with E-state index in [-0.39, 0.29) is 0 Å². The molecule has 3 heterocycles. The summed E-state index contributed by atoms with van der Waals surface area (Å²) in [5.74, 6) is 2.48. The lowest BCUT2D eigenvalue weighted by Gasteiger charge is -2.24. The van der Waals surface area contributed by atoms with Gasteiger partial charge in [-0.2, -0.15) is 0 Å². The second kappa shape index (κ2) is 8.24. The van der Waals surface area contributed by atoms with Gasteiger partial charge in [-0.15, -0.1) is 0 Å². The third-order valence-corrected chi connectivity index (χ3v) is 6.24. The van der Waals surface area contributed by atoms with E-state index in [2.05, 4.69) is 32.4 Å². The van der Waals surface area contributed by atoms with Gasteiger partial charge in [-0.1, -0.05) is 19.3 Å². The summed E-state index contributed by atoms with van der Waals surface area (Å²) in [6.45, 7) is 4.82. The molecule has 0 radical (unpaired) electrons. The number of carbonyl (C=O) groups excluding carboxylic acids is 1. The molecule has 0 aromatic carbocycles. The molecule has 2 aromatic heterocycles. The van der Waals surface area contributed by atoms with Crippen LogP contribution in [0, 0.1) is 18.8 Å². The Morgan fingerprint density at radius 2 is 2.00 bits per heavy atom. The van der Waals surface area contributed by atoms with Crippen molar-refractivity contribution >= 4 is 5.91 Å². The van der Waals surface area contributed by atoms with Gasteiger partial charge in [-0.25, -0.2) is 4.98 Å². The largest absolute Gasteiger partial charge is 0.342 e. The molecule has 1 amide bonds. The SMILES string of the molecule is Cc1cnc(-c2cccnc2)n1CC1CCN(C(=O)CC2CCCCC2)C1. The Morgan fingerprint density at radius 1 is 1.15 bits per heavy atom. The first-order chi connectivity index (χ1) is 13.2. The van der Waals surface area contributed by atoms with Gasteiger partial charge in [0.25, 0.3) is 0 Å². The van der Waals surface area contributed by atoms with Crippen LogP contribution in [0.5, 0.6) is 0 Å². The molecule has 1 saturated heterocycles. The third-order valence-electron chi connectivity index (χ3n) is 6.24. The smallest absolute Gasteiger partial charge is 0.222 e. The zero-order chi connectivity index (χ0) is 18.6. The molecular formula is C22H30N4O. The minimum absolute atomic E-state index is 0.374. The highest BCUT2D eigenvalue weighted by atomic mass is 16.2. The maximum absolute atomic E-state index is 12.7. The normalized spacial score (nSPS) is 20.9. The minimum Gasteiger partial charge on any atom is -0.342 e. The van der Waals surface area contributed by atoms with Crippen molar-refractivity contribution in [2.45, 2.75) is 58.4 Å². The lowest BCUT2D eigenvalue weighted by atomic mass is 9.87. The molecule has 5 nitrogen and oxygen atoms in total. The van der Waals surface area contributed by atoms with Crippen molar-refractivity contribution in [3.8, 4) is 11.4 Å². The number of rotatable bonds is 5. The Kier molecular flexibility index (Phi) is 5.55. The maximum atomic E-state index is 12.7. The zero-order valence-corrected chi connectivity index (χ0v) is 16.3. The van der Waals surface area contributed by atoms with E-state index in [1.165, 1.54) is 37.8 Å². The van der Waals surface area contributed by atoms with Crippen molar-refractivity contribution in [1.82, 2.24) is 19.4 Å². The quantitative estimate of drug-likeness (QED) is 0.801. The lowest BCUT2D eigenvalue weighted by molar-refractivity contribution is -0.131. The molecule has 0 N–H and O–H groups in total. The maximum Gasteiger partial charge on any atom is 0.222 e. The number of amides is 1. The molecule has 2 aromatic rings. The van der Waals surface area contributed by atoms with E-state index >= 15 is 0 Å². The first-order valence-electron chi connectivity index (χ1n) is 10.4. The van der Waals surface area contributed by atoms with Crippen LogP contribution in [0.4, 0.5) is 0 Å². The number of carbonyl (C=O) groups is 1. The number of likely N-dealkylation sites (tertiary alicyclic amines) is 1. The molecule has 27 heavy (non-hydrogen) atoms. The molecule has 144 valence electrons. The van der Waals surface area contributed by atoms with E-state index in [0.717, 1.165) is 43.9 Å². The summed E-state index contributed by atoms with van der Waals surface area (Å²) in [4.78, 5) is 23.7. The molecule has 1 aliphatic heterocycles. The number of aryl methyl sites for hydroxylation is 1. The number of hydrogen-bond acceptors (Lipinski definition) is 3. The number of hydrogen-bond donors (Lipinski definition) is 0. The predicted octanol–water partition coefficient (Wildman–Crippen LogP) is 4.07. The zero-order valence-electron chi connectivity index (χ0n) is 16.3. The number of nitrogens with zero attached hydrogens (tertiary/aromatic N) is 4. The average molecular weight is 367 g/mol. The number of aromatic nitrogens is 3. The summed E-state index contributed by atoms with van der Waals surface area (Å²) in [5, 5.41) is 0. The van der Waals surface area contributed by atoms with Crippen LogP contribution in [0.25, 0.3) is 11.4 Å². The summed E-state index contributed by atoms with van der Waals surface area (Å²) in [6.07, 6.45) is 13.9. The fourth-order valence-corrected chi connectivity index (χ4v) is 4.65. The van der Waals surface area contributed by atoms with Crippen molar-refractivity contribution in [1.29, 1.82) is 0 Å². The predicted molar refractivity (Wildman–Crippen MR) is 106 cm³/mol. The van der Waals surface area contributed by atoms with Crippen LogP contribution in [0.15, 0.2) is 30.7 Å². The Bertz CT molecular complexity index is 764. The van der Waals surface area contributed by atoms with Crippen LogP contribution in [0.2, 0.25) is 0 Å². The summed E-state index contributed by atoms with van der Waals surface area (Å²) in [6, 6.07) is 4.00. The van der Waals surface area contributed by atoms with E-state index < -0.39 is 0 Å². The molecule has 1 aliphatic carbocycles. The van der Waals surface area contributed by atoms with E-state index in [1.807, 2.05) is 18.5 Å². The van der Waals surface area contributed by atoms with E-state index in [0.29, 0.717) is 17.7 Å². The standard InChI is InChI=1S/C22H30N4O/c1-17-13-24-22(20-8-5-10-23-14-20)26(17)16-19-9-11-25(15-19)21(27)12-18-6-3-2-4-7-18/h5,8,10,13-14,18-19H,2-4,6-7,9,11-12,15-16H2,1H3. The molecule has 5 heteroatoms. The van der Waals surface area contributed by atoms with Gasteiger partial charge >= 0.3 is 0 Å². The Morgan fingerprint density at radius 3 is 2.78 bits per heavy atom. The molecule has 1 unspecified atom stereocenters. The Hall–Kier alpha value is -2.17. The van der Waals surface area contributed by atoms with Gasteiger partial charge in [0.15, 0.2) is 0 Å². The van der Waals surface area contributed by atoms with Gasteiger partial charge < -0.3 is 9.47 Å². The molecule has 0 spiro atoms. The molecule has 1 atom stereocenters. The summed E-state index contributed by atoms with van der Waals surface area (Å²) in [7, 11) is 0. The topological polar surface area (TPSA) is 51.0 Å². The van der Waals surface area contributed by atoms with Crippen LogP contribution in [-0.2, 0) is 11.3 Å². The lowest BCUT2D eigenvalue weighted by Crippen LogP contribution is -2.31. The van der Waals surface area contributed by atoms with Crippen LogP contribution in [0.1, 0.15) is 50.6 Å². The van der Waals surface area contributed by atoms with Gasteiger partial charge in [-0.3, -0.25) is 9.78 Å².